The maximum absolute atomic E-state index is 2.76. The minimum atomic E-state index is 0.706. The third kappa shape index (κ3) is 4.42. The molecule has 3 heteroatoms. The van der Waals surface area contributed by atoms with Crippen molar-refractivity contribution in [2.75, 3.05) is 39.3 Å². The van der Waals surface area contributed by atoms with Crippen LogP contribution in [0.2, 0.25) is 0 Å². The van der Waals surface area contributed by atoms with Crippen molar-refractivity contribution in [1.82, 2.24) is 14.7 Å². The topological polar surface area (TPSA) is 9.72 Å². The molecule has 1 saturated carbocycles. The van der Waals surface area contributed by atoms with Crippen LogP contribution in [0.25, 0.3) is 0 Å². The molecule has 3 aliphatic rings. The van der Waals surface area contributed by atoms with Crippen molar-refractivity contribution in [3.63, 3.8) is 0 Å². The molecule has 0 amide bonds. The van der Waals surface area contributed by atoms with E-state index >= 15 is 0 Å². The highest BCUT2D eigenvalue weighted by molar-refractivity contribution is 5.05. The van der Waals surface area contributed by atoms with E-state index in [1.165, 1.54) is 65.0 Å². The second-order valence-electron chi connectivity index (χ2n) is 10.3. The summed E-state index contributed by atoms with van der Waals surface area (Å²) in [5, 5.41) is 0. The van der Waals surface area contributed by atoms with Gasteiger partial charge in [-0.3, -0.25) is 14.7 Å². The summed E-state index contributed by atoms with van der Waals surface area (Å²) in [6.07, 6.45) is 5.74. The van der Waals surface area contributed by atoms with E-state index < -0.39 is 0 Å². The maximum Gasteiger partial charge on any atom is 0.0113 e. The van der Waals surface area contributed by atoms with Gasteiger partial charge in [0, 0.05) is 57.4 Å². The van der Waals surface area contributed by atoms with Crippen LogP contribution in [0.3, 0.4) is 0 Å². The second kappa shape index (κ2) is 7.86. The zero-order valence-electron chi connectivity index (χ0n) is 17.8. The number of nitrogens with zero attached hydrogens (tertiary/aromatic N) is 3. The summed E-state index contributed by atoms with van der Waals surface area (Å²) in [5.74, 6) is 1.91. The average Bonchev–Trinajstić information content (AvgIpc) is 2.49. The van der Waals surface area contributed by atoms with Gasteiger partial charge in [0.05, 0.1) is 0 Å². The smallest absolute Gasteiger partial charge is 0.0113 e. The Hall–Kier alpha value is -0.120. The molecule has 3 nitrogen and oxygen atoms in total. The van der Waals surface area contributed by atoms with E-state index in [-0.39, 0.29) is 0 Å². The van der Waals surface area contributed by atoms with Gasteiger partial charge in [0.1, 0.15) is 0 Å². The van der Waals surface area contributed by atoms with Gasteiger partial charge in [-0.15, -0.1) is 0 Å². The summed E-state index contributed by atoms with van der Waals surface area (Å²) in [4.78, 5) is 8.11. The molecule has 3 fully saturated rings. The lowest BCUT2D eigenvalue weighted by molar-refractivity contribution is -0.122. The zero-order chi connectivity index (χ0) is 18.2. The van der Waals surface area contributed by atoms with Gasteiger partial charge < -0.3 is 0 Å². The summed E-state index contributed by atoms with van der Waals surface area (Å²) in [5.41, 5.74) is 0.738. The quantitative estimate of drug-likeness (QED) is 0.689. The van der Waals surface area contributed by atoms with Crippen LogP contribution < -0.4 is 0 Å². The first kappa shape index (κ1) is 19.6. The van der Waals surface area contributed by atoms with Gasteiger partial charge in [-0.25, -0.2) is 0 Å². The molecule has 0 bridgehead atoms. The van der Waals surface area contributed by atoms with Crippen LogP contribution >= 0.6 is 0 Å². The fourth-order valence-electron chi connectivity index (χ4n) is 5.45. The van der Waals surface area contributed by atoms with Crippen molar-refractivity contribution in [1.29, 1.82) is 0 Å². The van der Waals surface area contributed by atoms with Gasteiger partial charge in [0.25, 0.3) is 0 Å². The number of rotatable bonds is 7. The molecule has 0 radical (unpaired) electrons. The Morgan fingerprint density at radius 1 is 0.720 bits per heavy atom. The molecule has 1 spiro atoms. The van der Waals surface area contributed by atoms with Crippen LogP contribution in [-0.4, -0.2) is 72.1 Å². The first-order valence-electron chi connectivity index (χ1n) is 11.0. The molecule has 2 heterocycles. The first-order valence-corrected chi connectivity index (χ1v) is 11.0. The van der Waals surface area contributed by atoms with E-state index in [0.29, 0.717) is 6.04 Å². The van der Waals surface area contributed by atoms with Crippen molar-refractivity contribution in [2.24, 2.45) is 17.3 Å². The molecule has 2 unspecified atom stereocenters. The second-order valence-corrected chi connectivity index (χ2v) is 10.3. The standard InChI is InChI=1S/C22H43N3/c1-17(2)21-13-22(14-21)15-25(16-22)20(6)8-7-19(5)24-11-9-23(10-12-24)18(3)4/h17-21H,7-16H2,1-6H3. The van der Waals surface area contributed by atoms with Crippen molar-refractivity contribution in [3.05, 3.63) is 0 Å². The third-order valence-corrected chi connectivity index (χ3v) is 7.74. The number of likely N-dealkylation sites (tertiary alicyclic amines) is 1. The average molecular weight is 350 g/mol. The minimum absolute atomic E-state index is 0.706. The molecule has 0 aromatic carbocycles. The highest BCUT2D eigenvalue weighted by Crippen LogP contribution is 2.54. The molecule has 0 N–H and O–H groups in total. The molecule has 146 valence electrons. The maximum atomic E-state index is 2.76. The fourth-order valence-corrected chi connectivity index (χ4v) is 5.45. The Bertz CT molecular complexity index is 411. The Balaban J connectivity index is 1.32. The van der Waals surface area contributed by atoms with Gasteiger partial charge in [-0.2, -0.15) is 0 Å². The molecule has 2 saturated heterocycles. The van der Waals surface area contributed by atoms with Crippen LogP contribution in [0.15, 0.2) is 0 Å². The Morgan fingerprint density at radius 2 is 1.20 bits per heavy atom. The molecule has 2 aliphatic heterocycles. The normalized spacial score (nSPS) is 28.3. The van der Waals surface area contributed by atoms with Gasteiger partial charge >= 0.3 is 0 Å². The molecule has 2 atom stereocenters. The lowest BCUT2D eigenvalue weighted by Crippen LogP contribution is -2.64. The summed E-state index contributed by atoms with van der Waals surface area (Å²) in [6, 6.07) is 2.24. The number of hydrogen-bond donors (Lipinski definition) is 0. The molecule has 0 aromatic rings. The van der Waals surface area contributed by atoms with E-state index in [1.54, 1.807) is 0 Å². The first-order chi connectivity index (χ1) is 11.8. The van der Waals surface area contributed by atoms with Crippen LogP contribution in [0.4, 0.5) is 0 Å². The molecular formula is C22H43N3. The predicted octanol–water partition coefficient (Wildman–Crippen LogP) is 3.94. The number of piperazine rings is 1. The SMILES string of the molecule is CC(C)C1CC2(C1)CN(C(C)CCC(C)N1CCN(C(C)C)CC1)C2. The van der Waals surface area contributed by atoms with E-state index in [4.69, 9.17) is 0 Å². The van der Waals surface area contributed by atoms with Gasteiger partial charge in [0.2, 0.25) is 0 Å². The molecule has 0 aromatic heterocycles. The van der Waals surface area contributed by atoms with Crippen molar-refractivity contribution >= 4 is 0 Å². The third-order valence-electron chi connectivity index (χ3n) is 7.74. The Labute approximate surface area is 157 Å². The molecule has 3 rings (SSSR count). The molecular weight excluding hydrogens is 306 g/mol. The summed E-state index contributed by atoms with van der Waals surface area (Å²) < 4.78 is 0. The monoisotopic (exact) mass is 349 g/mol. The fraction of sp³-hybridized carbons (Fsp3) is 1.00. The van der Waals surface area contributed by atoms with Gasteiger partial charge in [-0.05, 0) is 70.6 Å². The number of hydrogen-bond acceptors (Lipinski definition) is 3. The van der Waals surface area contributed by atoms with Crippen LogP contribution in [-0.2, 0) is 0 Å². The Morgan fingerprint density at radius 3 is 1.68 bits per heavy atom. The molecule has 25 heavy (non-hydrogen) atoms. The zero-order valence-corrected chi connectivity index (χ0v) is 17.8. The Kier molecular flexibility index (Phi) is 6.17. The van der Waals surface area contributed by atoms with Crippen LogP contribution in [0.5, 0.6) is 0 Å². The summed E-state index contributed by atoms with van der Waals surface area (Å²) in [6.45, 7) is 22.2. The van der Waals surface area contributed by atoms with Crippen molar-refractivity contribution < 1.29 is 0 Å². The van der Waals surface area contributed by atoms with Gasteiger partial charge in [-0.1, -0.05) is 13.8 Å². The van der Waals surface area contributed by atoms with E-state index in [2.05, 4.69) is 56.2 Å². The van der Waals surface area contributed by atoms with Crippen LogP contribution in [0.1, 0.15) is 67.2 Å². The van der Waals surface area contributed by atoms with Crippen LogP contribution in [0, 0.1) is 17.3 Å². The molecule has 1 aliphatic carbocycles. The van der Waals surface area contributed by atoms with E-state index in [1.807, 2.05) is 0 Å². The van der Waals surface area contributed by atoms with Crippen molar-refractivity contribution in [3.8, 4) is 0 Å². The summed E-state index contributed by atoms with van der Waals surface area (Å²) >= 11 is 0. The highest BCUT2D eigenvalue weighted by Gasteiger charge is 2.53. The van der Waals surface area contributed by atoms with E-state index in [0.717, 1.165) is 29.3 Å². The van der Waals surface area contributed by atoms with Gasteiger partial charge in [0.15, 0.2) is 0 Å². The largest absolute Gasteiger partial charge is 0.299 e. The van der Waals surface area contributed by atoms with Crippen molar-refractivity contribution in [2.45, 2.75) is 85.4 Å². The van der Waals surface area contributed by atoms with E-state index in [9.17, 15) is 0 Å². The minimum Gasteiger partial charge on any atom is -0.299 e. The lowest BCUT2D eigenvalue weighted by atomic mass is 9.55. The predicted molar refractivity (Wildman–Crippen MR) is 108 cm³/mol. The highest BCUT2D eigenvalue weighted by atomic mass is 15.3. The lowest BCUT2D eigenvalue weighted by Gasteiger charge is -2.62. The summed E-state index contributed by atoms with van der Waals surface area (Å²) in [7, 11) is 0.